The maximum atomic E-state index is 13.4. The summed E-state index contributed by atoms with van der Waals surface area (Å²) in [6, 6.07) is 7.04. The first-order chi connectivity index (χ1) is 7.98. The SMILES string of the molecule is COc1ccc(CCNC(C)(C)C#N)cc1F. The molecule has 0 bridgehead atoms. The molecule has 1 aromatic carbocycles. The highest BCUT2D eigenvalue weighted by atomic mass is 19.1. The van der Waals surface area contributed by atoms with Gasteiger partial charge in [0.15, 0.2) is 11.6 Å². The number of halogens is 1. The monoisotopic (exact) mass is 236 g/mol. The van der Waals surface area contributed by atoms with E-state index >= 15 is 0 Å². The Labute approximate surface area is 101 Å². The van der Waals surface area contributed by atoms with Crippen molar-refractivity contribution >= 4 is 0 Å². The second-order valence-electron chi connectivity index (χ2n) is 4.38. The van der Waals surface area contributed by atoms with Gasteiger partial charge in [0.1, 0.15) is 5.54 Å². The minimum atomic E-state index is -0.551. The molecule has 17 heavy (non-hydrogen) atoms. The van der Waals surface area contributed by atoms with Crippen molar-refractivity contribution in [2.24, 2.45) is 0 Å². The molecule has 92 valence electrons. The van der Waals surface area contributed by atoms with Gasteiger partial charge in [0.25, 0.3) is 0 Å². The first-order valence-electron chi connectivity index (χ1n) is 5.47. The normalized spacial score (nSPS) is 11.0. The van der Waals surface area contributed by atoms with Crippen LogP contribution in [0.3, 0.4) is 0 Å². The van der Waals surface area contributed by atoms with Crippen LogP contribution < -0.4 is 10.1 Å². The first-order valence-corrected chi connectivity index (χ1v) is 5.47. The smallest absolute Gasteiger partial charge is 0.165 e. The molecule has 0 atom stereocenters. The van der Waals surface area contributed by atoms with Gasteiger partial charge in [-0.2, -0.15) is 5.26 Å². The quantitative estimate of drug-likeness (QED) is 0.853. The lowest BCUT2D eigenvalue weighted by molar-refractivity contribution is 0.386. The number of hydrogen-bond acceptors (Lipinski definition) is 3. The van der Waals surface area contributed by atoms with E-state index in [1.165, 1.54) is 13.2 Å². The molecule has 1 aromatic rings. The third kappa shape index (κ3) is 4.04. The summed E-state index contributed by atoms with van der Waals surface area (Å²) >= 11 is 0. The Kier molecular flexibility index (Phi) is 4.47. The van der Waals surface area contributed by atoms with Crippen molar-refractivity contribution < 1.29 is 9.13 Å². The lowest BCUT2D eigenvalue weighted by atomic mass is 10.1. The van der Waals surface area contributed by atoms with Crippen molar-refractivity contribution in [3.8, 4) is 11.8 Å². The predicted molar refractivity (Wildman–Crippen MR) is 64.4 cm³/mol. The van der Waals surface area contributed by atoms with E-state index in [2.05, 4.69) is 11.4 Å². The molecular formula is C13H17FN2O. The summed E-state index contributed by atoms with van der Waals surface area (Å²) in [5, 5.41) is 11.9. The van der Waals surface area contributed by atoms with Gasteiger partial charge in [-0.1, -0.05) is 6.07 Å². The molecule has 4 heteroatoms. The molecule has 0 heterocycles. The number of hydrogen-bond donors (Lipinski definition) is 1. The summed E-state index contributed by atoms with van der Waals surface area (Å²) in [6.07, 6.45) is 0.673. The molecule has 0 unspecified atom stereocenters. The summed E-state index contributed by atoms with van der Waals surface area (Å²) in [4.78, 5) is 0. The molecule has 0 spiro atoms. The van der Waals surface area contributed by atoms with Gasteiger partial charge >= 0.3 is 0 Å². The highest BCUT2D eigenvalue weighted by molar-refractivity contribution is 5.29. The van der Waals surface area contributed by atoms with Crippen molar-refractivity contribution in [2.45, 2.75) is 25.8 Å². The molecule has 1 rings (SSSR count). The average Bonchev–Trinajstić information content (AvgIpc) is 2.29. The van der Waals surface area contributed by atoms with E-state index in [4.69, 9.17) is 10.00 Å². The summed E-state index contributed by atoms with van der Waals surface area (Å²) in [5.41, 5.74) is 0.329. The maximum Gasteiger partial charge on any atom is 0.165 e. The molecule has 0 saturated heterocycles. The van der Waals surface area contributed by atoms with Crippen LogP contribution in [0.1, 0.15) is 19.4 Å². The summed E-state index contributed by atoms with van der Waals surface area (Å²) < 4.78 is 18.2. The molecular weight excluding hydrogens is 219 g/mol. The Balaban J connectivity index is 2.54. The molecule has 1 N–H and O–H groups in total. The number of methoxy groups -OCH3 is 1. The van der Waals surface area contributed by atoms with Gasteiger partial charge in [-0.05, 0) is 38.0 Å². The topological polar surface area (TPSA) is 45.0 Å². The van der Waals surface area contributed by atoms with Crippen molar-refractivity contribution in [3.05, 3.63) is 29.6 Å². The number of nitrogens with zero attached hydrogens (tertiary/aromatic N) is 1. The zero-order valence-corrected chi connectivity index (χ0v) is 10.4. The van der Waals surface area contributed by atoms with Gasteiger partial charge in [-0.25, -0.2) is 4.39 Å². The largest absolute Gasteiger partial charge is 0.494 e. The third-order valence-corrected chi connectivity index (χ3v) is 2.48. The summed E-state index contributed by atoms with van der Waals surface area (Å²) in [5.74, 6) is -0.108. The predicted octanol–water partition coefficient (Wildman–Crippen LogP) is 2.27. The number of rotatable bonds is 5. The fourth-order valence-corrected chi connectivity index (χ4v) is 1.42. The molecule has 0 aliphatic carbocycles. The highest BCUT2D eigenvalue weighted by Crippen LogP contribution is 2.17. The Bertz CT molecular complexity index is 424. The van der Waals surface area contributed by atoms with Crippen LogP contribution in [-0.4, -0.2) is 19.2 Å². The molecule has 0 aliphatic heterocycles. The van der Waals surface area contributed by atoms with E-state index in [1.54, 1.807) is 6.07 Å². The summed E-state index contributed by atoms with van der Waals surface area (Å²) in [6.45, 7) is 4.25. The van der Waals surface area contributed by atoms with E-state index in [9.17, 15) is 4.39 Å². The van der Waals surface area contributed by atoms with E-state index in [0.29, 0.717) is 13.0 Å². The minimum Gasteiger partial charge on any atom is -0.494 e. The fraction of sp³-hybridized carbons (Fsp3) is 0.462. The molecule has 0 aromatic heterocycles. The number of nitrogens with one attached hydrogen (secondary N) is 1. The highest BCUT2D eigenvalue weighted by Gasteiger charge is 2.14. The van der Waals surface area contributed by atoms with Crippen LogP contribution in [0, 0.1) is 17.1 Å². The Morgan fingerprint density at radius 1 is 1.47 bits per heavy atom. The van der Waals surface area contributed by atoms with Crippen LogP contribution in [0.5, 0.6) is 5.75 Å². The van der Waals surface area contributed by atoms with E-state index in [-0.39, 0.29) is 11.6 Å². The van der Waals surface area contributed by atoms with Gasteiger partial charge in [0, 0.05) is 6.54 Å². The number of ether oxygens (including phenoxy) is 1. The second-order valence-corrected chi connectivity index (χ2v) is 4.38. The van der Waals surface area contributed by atoms with Crippen LogP contribution in [-0.2, 0) is 6.42 Å². The molecule has 0 radical (unpaired) electrons. The summed E-state index contributed by atoms with van der Waals surface area (Å²) in [7, 11) is 1.44. The Morgan fingerprint density at radius 2 is 2.18 bits per heavy atom. The van der Waals surface area contributed by atoms with Crippen LogP contribution in [0.2, 0.25) is 0 Å². The van der Waals surface area contributed by atoms with Gasteiger partial charge in [0.05, 0.1) is 13.2 Å². The Morgan fingerprint density at radius 3 is 2.71 bits per heavy atom. The Hall–Kier alpha value is -1.60. The zero-order valence-electron chi connectivity index (χ0n) is 10.4. The number of benzene rings is 1. The molecule has 0 fully saturated rings. The molecule has 0 amide bonds. The van der Waals surface area contributed by atoms with Crippen LogP contribution in [0.15, 0.2) is 18.2 Å². The lowest BCUT2D eigenvalue weighted by Crippen LogP contribution is -2.38. The van der Waals surface area contributed by atoms with Gasteiger partial charge in [-0.3, -0.25) is 5.32 Å². The molecule has 0 aliphatic rings. The van der Waals surface area contributed by atoms with Gasteiger partial charge < -0.3 is 4.74 Å². The van der Waals surface area contributed by atoms with Crippen LogP contribution in [0.25, 0.3) is 0 Å². The standard InChI is InChI=1S/C13H17FN2O/c1-13(2,9-15)16-7-6-10-4-5-12(17-3)11(14)8-10/h4-5,8,16H,6-7H2,1-3H3. The minimum absolute atomic E-state index is 0.249. The lowest BCUT2D eigenvalue weighted by Gasteiger charge is -2.17. The molecule has 0 saturated carbocycles. The zero-order chi connectivity index (χ0) is 12.9. The third-order valence-electron chi connectivity index (χ3n) is 2.48. The van der Waals surface area contributed by atoms with E-state index < -0.39 is 5.54 Å². The van der Waals surface area contributed by atoms with Crippen molar-refractivity contribution in [1.29, 1.82) is 5.26 Å². The van der Waals surface area contributed by atoms with Gasteiger partial charge in [0.2, 0.25) is 0 Å². The van der Waals surface area contributed by atoms with Crippen molar-refractivity contribution in [3.63, 3.8) is 0 Å². The van der Waals surface area contributed by atoms with Crippen LogP contribution in [0.4, 0.5) is 4.39 Å². The van der Waals surface area contributed by atoms with Crippen molar-refractivity contribution in [1.82, 2.24) is 5.32 Å². The van der Waals surface area contributed by atoms with Crippen LogP contribution >= 0.6 is 0 Å². The maximum absolute atomic E-state index is 13.4. The van der Waals surface area contributed by atoms with E-state index in [1.807, 2.05) is 19.9 Å². The van der Waals surface area contributed by atoms with E-state index in [0.717, 1.165) is 5.56 Å². The first kappa shape index (κ1) is 13.5. The molecule has 3 nitrogen and oxygen atoms in total. The second kappa shape index (κ2) is 5.65. The van der Waals surface area contributed by atoms with Crippen molar-refractivity contribution in [2.75, 3.05) is 13.7 Å². The fourth-order valence-electron chi connectivity index (χ4n) is 1.42. The van der Waals surface area contributed by atoms with Gasteiger partial charge in [-0.15, -0.1) is 0 Å². The number of nitriles is 1. The average molecular weight is 236 g/mol.